The van der Waals surface area contributed by atoms with Crippen molar-refractivity contribution in [3.05, 3.63) is 46.8 Å². The Hall–Kier alpha value is -2.11. The molecule has 0 radical (unpaired) electrons. The van der Waals surface area contributed by atoms with Crippen molar-refractivity contribution in [3.8, 4) is 22.6 Å². The molecule has 0 spiro atoms. The molecule has 5 nitrogen and oxygen atoms in total. The van der Waals surface area contributed by atoms with E-state index in [1.165, 1.54) is 0 Å². The molecular formula is C15H13Cl2N5. The van der Waals surface area contributed by atoms with Crippen molar-refractivity contribution in [1.29, 1.82) is 0 Å². The Morgan fingerprint density at radius 2 is 2.05 bits per heavy atom. The van der Waals surface area contributed by atoms with Crippen LogP contribution in [0, 0.1) is 0 Å². The summed E-state index contributed by atoms with van der Waals surface area (Å²) >= 11 is 12.3. The van der Waals surface area contributed by atoms with Crippen LogP contribution in [0.2, 0.25) is 10.0 Å². The van der Waals surface area contributed by atoms with Crippen LogP contribution in [0.15, 0.2) is 36.8 Å². The van der Waals surface area contributed by atoms with Crippen molar-refractivity contribution in [2.75, 3.05) is 11.9 Å². The third-order valence-corrected chi connectivity index (χ3v) is 3.61. The molecule has 2 N–H and O–H groups in total. The molecular weight excluding hydrogens is 321 g/mol. The first-order valence-corrected chi connectivity index (χ1v) is 7.50. The predicted octanol–water partition coefficient (Wildman–Crippen LogP) is 4.27. The monoisotopic (exact) mass is 333 g/mol. The van der Waals surface area contributed by atoms with Gasteiger partial charge in [-0.05, 0) is 25.1 Å². The van der Waals surface area contributed by atoms with E-state index in [4.69, 9.17) is 23.2 Å². The van der Waals surface area contributed by atoms with Gasteiger partial charge in [-0.2, -0.15) is 0 Å². The van der Waals surface area contributed by atoms with Gasteiger partial charge in [0.05, 0.1) is 16.3 Å². The number of halogens is 2. The number of anilines is 1. The lowest BCUT2D eigenvalue weighted by molar-refractivity contribution is 1.08. The van der Waals surface area contributed by atoms with Crippen LogP contribution in [0.1, 0.15) is 6.92 Å². The molecule has 7 heteroatoms. The lowest BCUT2D eigenvalue weighted by Gasteiger charge is -2.11. The Bertz CT molecular complexity index is 787. The molecule has 1 aromatic carbocycles. The zero-order chi connectivity index (χ0) is 15.5. The number of H-pyrrole nitrogens is 1. The minimum absolute atomic E-state index is 0.529. The van der Waals surface area contributed by atoms with Gasteiger partial charge in [-0.3, -0.25) is 0 Å². The van der Waals surface area contributed by atoms with E-state index in [1.54, 1.807) is 30.7 Å². The first-order valence-electron chi connectivity index (χ1n) is 6.75. The molecule has 0 aliphatic heterocycles. The minimum atomic E-state index is 0.529. The molecule has 3 rings (SSSR count). The normalized spacial score (nSPS) is 10.7. The van der Waals surface area contributed by atoms with Crippen LogP contribution in [0.4, 0.5) is 5.95 Å². The van der Waals surface area contributed by atoms with Crippen LogP contribution in [0.25, 0.3) is 22.6 Å². The number of benzene rings is 1. The third kappa shape index (κ3) is 2.91. The molecule has 0 bridgehead atoms. The maximum Gasteiger partial charge on any atom is 0.223 e. The van der Waals surface area contributed by atoms with Gasteiger partial charge >= 0.3 is 0 Å². The van der Waals surface area contributed by atoms with Gasteiger partial charge < -0.3 is 10.3 Å². The van der Waals surface area contributed by atoms with E-state index in [9.17, 15) is 0 Å². The zero-order valence-electron chi connectivity index (χ0n) is 11.8. The predicted molar refractivity (Wildman–Crippen MR) is 89.2 cm³/mol. The number of hydrogen-bond donors (Lipinski definition) is 2. The first-order chi connectivity index (χ1) is 10.7. The summed E-state index contributed by atoms with van der Waals surface area (Å²) in [6.45, 7) is 2.71. The van der Waals surface area contributed by atoms with Gasteiger partial charge in [0.2, 0.25) is 5.95 Å². The number of imidazole rings is 1. The van der Waals surface area contributed by atoms with Gasteiger partial charge in [0.25, 0.3) is 0 Å². The van der Waals surface area contributed by atoms with Gasteiger partial charge in [0.1, 0.15) is 5.82 Å². The molecule has 0 saturated heterocycles. The third-order valence-electron chi connectivity index (χ3n) is 3.06. The second kappa shape index (κ2) is 6.34. The number of rotatable bonds is 4. The fourth-order valence-corrected chi connectivity index (χ4v) is 2.60. The molecule has 0 aliphatic rings. The number of aromatic nitrogens is 4. The SMILES string of the molecule is CCNc1ncc(-c2ncc[nH]2)c(-c2ccc(Cl)cc2Cl)n1. The number of nitrogens with one attached hydrogen (secondary N) is 2. The van der Waals surface area contributed by atoms with Crippen molar-refractivity contribution < 1.29 is 0 Å². The van der Waals surface area contributed by atoms with Gasteiger partial charge in [0.15, 0.2) is 0 Å². The lowest BCUT2D eigenvalue weighted by atomic mass is 10.1. The summed E-state index contributed by atoms with van der Waals surface area (Å²) < 4.78 is 0. The van der Waals surface area contributed by atoms with Gasteiger partial charge in [-0.15, -0.1) is 0 Å². The van der Waals surface area contributed by atoms with Crippen LogP contribution in [0.5, 0.6) is 0 Å². The van der Waals surface area contributed by atoms with Crippen LogP contribution in [0.3, 0.4) is 0 Å². The van der Waals surface area contributed by atoms with Crippen molar-refractivity contribution in [1.82, 2.24) is 19.9 Å². The second-order valence-corrected chi connectivity index (χ2v) is 5.39. The summed E-state index contributed by atoms with van der Waals surface area (Å²) in [6.07, 6.45) is 5.16. The van der Waals surface area contributed by atoms with Crippen molar-refractivity contribution in [2.24, 2.45) is 0 Å². The molecule has 2 heterocycles. The van der Waals surface area contributed by atoms with E-state index >= 15 is 0 Å². The van der Waals surface area contributed by atoms with Gasteiger partial charge in [0, 0.05) is 35.7 Å². The molecule has 3 aromatic rings. The highest BCUT2D eigenvalue weighted by molar-refractivity contribution is 6.36. The molecule has 2 aromatic heterocycles. The minimum Gasteiger partial charge on any atom is -0.354 e. The second-order valence-electron chi connectivity index (χ2n) is 4.55. The highest BCUT2D eigenvalue weighted by Gasteiger charge is 2.15. The number of hydrogen-bond acceptors (Lipinski definition) is 4. The topological polar surface area (TPSA) is 66.5 Å². The molecule has 0 atom stereocenters. The smallest absolute Gasteiger partial charge is 0.223 e. The molecule has 0 saturated carbocycles. The first kappa shape index (κ1) is 14.8. The highest BCUT2D eigenvalue weighted by atomic mass is 35.5. The molecule has 112 valence electrons. The Morgan fingerprint density at radius 1 is 1.18 bits per heavy atom. The highest BCUT2D eigenvalue weighted by Crippen LogP contribution is 2.34. The Labute approximate surface area is 137 Å². The fourth-order valence-electron chi connectivity index (χ4n) is 2.10. The molecule has 0 amide bonds. The zero-order valence-corrected chi connectivity index (χ0v) is 13.3. The maximum absolute atomic E-state index is 6.33. The standard InChI is InChI=1S/C15H13Cl2N5/c1-2-18-15-21-8-11(14-19-5-6-20-14)13(22-15)10-4-3-9(16)7-12(10)17/h3-8H,2H2,1H3,(H,19,20)(H,18,21,22). The lowest BCUT2D eigenvalue weighted by Crippen LogP contribution is -2.04. The van der Waals surface area contributed by atoms with Crippen molar-refractivity contribution in [2.45, 2.75) is 6.92 Å². The summed E-state index contributed by atoms with van der Waals surface area (Å²) in [5.74, 6) is 1.22. The quantitative estimate of drug-likeness (QED) is 0.748. The van der Waals surface area contributed by atoms with Gasteiger partial charge in [-0.1, -0.05) is 23.2 Å². The van der Waals surface area contributed by atoms with E-state index in [0.29, 0.717) is 27.5 Å². The van der Waals surface area contributed by atoms with Crippen molar-refractivity contribution in [3.63, 3.8) is 0 Å². The van der Waals surface area contributed by atoms with Crippen molar-refractivity contribution >= 4 is 29.2 Å². The van der Waals surface area contributed by atoms with E-state index in [1.807, 2.05) is 13.0 Å². The molecule has 22 heavy (non-hydrogen) atoms. The maximum atomic E-state index is 6.33. The Morgan fingerprint density at radius 3 is 2.73 bits per heavy atom. The molecule has 0 fully saturated rings. The summed E-state index contributed by atoms with van der Waals surface area (Å²) in [6, 6.07) is 5.32. The van der Waals surface area contributed by atoms with Crippen LogP contribution in [-0.2, 0) is 0 Å². The van der Waals surface area contributed by atoms with E-state index < -0.39 is 0 Å². The van der Waals surface area contributed by atoms with Crippen LogP contribution in [-0.4, -0.2) is 26.5 Å². The largest absolute Gasteiger partial charge is 0.354 e. The Balaban J connectivity index is 2.20. The summed E-state index contributed by atoms with van der Waals surface area (Å²) in [4.78, 5) is 16.2. The number of nitrogens with zero attached hydrogens (tertiary/aromatic N) is 3. The number of aromatic amines is 1. The average Bonchev–Trinajstić information content (AvgIpc) is 3.02. The van der Waals surface area contributed by atoms with Gasteiger partial charge in [-0.25, -0.2) is 15.0 Å². The summed E-state index contributed by atoms with van der Waals surface area (Å²) in [5.41, 5.74) is 2.25. The van der Waals surface area contributed by atoms with E-state index in [2.05, 4.69) is 25.3 Å². The fraction of sp³-hybridized carbons (Fsp3) is 0.133. The molecule has 0 aliphatic carbocycles. The summed E-state index contributed by atoms with van der Waals surface area (Å²) in [5, 5.41) is 4.21. The van der Waals surface area contributed by atoms with E-state index in [-0.39, 0.29) is 0 Å². The van der Waals surface area contributed by atoms with Crippen LogP contribution < -0.4 is 5.32 Å². The van der Waals surface area contributed by atoms with Crippen LogP contribution >= 0.6 is 23.2 Å². The average molecular weight is 334 g/mol. The summed E-state index contributed by atoms with van der Waals surface area (Å²) in [7, 11) is 0. The molecule has 0 unspecified atom stereocenters. The van der Waals surface area contributed by atoms with E-state index in [0.717, 1.165) is 17.7 Å². The Kier molecular flexibility index (Phi) is 4.27.